The number of nitrogens with one attached hydrogen (secondary N) is 1. The molecule has 82 valence electrons. The number of phenols is 1. The van der Waals surface area contributed by atoms with Gasteiger partial charge in [-0.05, 0) is 37.5 Å². The number of aromatic hydroxyl groups is 1. The van der Waals surface area contributed by atoms with Crippen LogP contribution in [0.2, 0.25) is 5.02 Å². The maximum absolute atomic E-state index is 9.63. The highest BCUT2D eigenvalue weighted by molar-refractivity contribution is 6.30. The summed E-state index contributed by atoms with van der Waals surface area (Å²) in [6, 6.07) is 4.87. The molecule has 1 aliphatic rings. The van der Waals surface area contributed by atoms with Crippen LogP contribution >= 0.6 is 11.6 Å². The minimum Gasteiger partial charge on any atom is -0.506 e. The van der Waals surface area contributed by atoms with E-state index in [-0.39, 0.29) is 17.9 Å². The molecule has 0 heterocycles. The fraction of sp³-hybridized carbons (Fsp3) is 0.455. The highest BCUT2D eigenvalue weighted by atomic mass is 35.5. The number of phenolic OH excluding ortho intramolecular Hbond substituents is 1. The molecule has 1 aromatic carbocycles. The quantitative estimate of drug-likeness (QED) is 0.680. The van der Waals surface area contributed by atoms with Crippen molar-refractivity contribution in [1.29, 1.82) is 0 Å². The number of halogens is 1. The summed E-state index contributed by atoms with van der Waals surface area (Å²) < 4.78 is 0. The molecule has 0 unspecified atom stereocenters. The molecule has 0 spiro atoms. The predicted octanol–water partition coefficient (Wildman–Crippen LogP) is 2.37. The molecule has 1 aliphatic carbocycles. The van der Waals surface area contributed by atoms with Gasteiger partial charge in [0.1, 0.15) is 5.75 Å². The third kappa shape index (κ3) is 2.36. The SMILES string of the molecule is Oc1ccc(Cl)cc1N[C@@H]1CCC[C@H]1O. The number of aliphatic hydroxyl groups is 1. The zero-order valence-electron chi connectivity index (χ0n) is 8.28. The van der Waals surface area contributed by atoms with Gasteiger partial charge < -0.3 is 15.5 Å². The standard InChI is InChI=1S/C11H14ClNO2/c12-7-4-5-11(15)9(6-7)13-8-2-1-3-10(8)14/h4-6,8,10,13-15H,1-3H2/t8-,10-/m1/s1. The van der Waals surface area contributed by atoms with E-state index in [0.29, 0.717) is 10.7 Å². The van der Waals surface area contributed by atoms with E-state index in [4.69, 9.17) is 11.6 Å². The van der Waals surface area contributed by atoms with Crippen LogP contribution in [0.3, 0.4) is 0 Å². The van der Waals surface area contributed by atoms with E-state index in [9.17, 15) is 10.2 Å². The largest absolute Gasteiger partial charge is 0.506 e. The molecular weight excluding hydrogens is 214 g/mol. The summed E-state index contributed by atoms with van der Waals surface area (Å²) in [6.45, 7) is 0. The fourth-order valence-corrected chi connectivity index (χ4v) is 2.10. The molecule has 1 fully saturated rings. The molecule has 0 bridgehead atoms. The van der Waals surface area contributed by atoms with Crippen molar-refractivity contribution in [3.05, 3.63) is 23.2 Å². The third-order valence-electron chi connectivity index (χ3n) is 2.78. The van der Waals surface area contributed by atoms with Gasteiger partial charge in [0, 0.05) is 5.02 Å². The van der Waals surface area contributed by atoms with Crippen molar-refractivity contribution >= 4 is 17.3 Å². The van der Waals surface area contributed by atoms with Gasteiger partial charge in [0.25, 0.3) is 0 Å². The first-order valence-corrected chi connectivity index (χ1v) is 5.48. The molecule has 2 atom stereocenters. The zero-order chi connectivity index (χ0) is 10.8. The Bertz CT molecular complexity index is 356. The van der Waals surface area contributed by atoms with Gasteiger partial charge in [-0.1, -0.05) is 11.6 Å². The monoisotopic (exact) mass is 227 g/mol. The molecule has 3 nitrogen and oxygen atoms in total. The number of hydrogen-bond acceptors (Lipinski definition) is 3. The van der Waals surface area contributed by atoms with Crippen LogP contribution in [-0.2, 0) is 0 Å². The van der Waals surface area contributed by atoms with Crippen molar-refractivity contribution in [2.24, 2.45) is 0 Å². The van der Waals surface area contributed by atoms with Crippen LogP contribution in [0.15, 0.2) is 18.2 Å². The lowest BCUT2D eigenvalue weighted by atomic mass is 10.2. The Morgan fingerprint density at radius 3 is 2.80 bits per heavy atom. The molecule has 0 amide bonds. The summed E-state index contributed by atoms with van der Waals surface area (Å²) in [5.74, 6) is 0.165. The fourth-order valence-electron chi connectivity index (χ4n) is 1.93. The van der Waals surface area contributed by atoms with Crippen molar-refractivity contribution < 1.29 is 10.2 Å². The Morgan fingerprint density at radius 1 is 1.33 bits per heavy atom. The normalized spacial score (nSPS) is 25.5. The van der Waals surface area contributed by atoms with Gasteiger partial charge in [-0.2, -0.15) is 0 Å². The van der Waals surface area contributed by atoms with E-state index in [1.165, 1.54) is 0 Å². The van der Waals surface area contributed by atoms with Crippen LogP contribution in [0.25, 0.3) is 0 Å². The first-order valence-electron chi connectivity index (χ1n) is 5.10. The molecule has 0 aliphatic heterocycles. The summed E-state index contributed by atoms with van der Waals surface area (Å²) >= 11 is 5.83. The molecule has 3 N–H and O–H groups in total. The van der Waals surface area contributed by atoms with Gasteiger partial charge in [0.2, 0.25) is 0 Å². The summed E-state index contributed by atoms with van der Waals surface area (Å²) in [5.41, 5.74) is 0.591. The topological polar surface area (TPSA) is 52.5 Å². The Kier molecular flexibility index (Phi) is 3.03. The highest BCUT2D eigenvalue weighted by Crippen LogP contribution is 2.30. The average molecular weight is 228 g/mol. The van der Waals surface area contributed by atoms with Crippen molar-refractivity contribution in [2.45, 2.75) is 31.4 Å². The van der Waals surface area contributed by atoms with Crippen molar-refractivity contribution in [1.82, 2.24) is 0 Å². The smallest absolute Gasteiger partial charge is 0.138 e. The van der Waals surface area contributed by atoms with E-state index in [1.807, 2.05) is 0 Å². The first-order chi connectivity index (χ1) is 7.16. The maximum atomic E-state index is 9.63. The highest BCUT2D eigenvalue weighted by Gasteiger charge is 2.25. The average Bonchev–Trinajstić information content (AvgIpc) is 2.58. The number of hydrogen-bond donors (Lipinski definition) is 3. The lowest BCUT2D eigenvalue weighted by Crippen LogP contribution is -2.27. The lowest BCUT2D eigenvalue weighted by Gasteiger charge is -2.18. The zero-order valence-corrected chi connectivity index (χ0v) is 9.04. The summed E-state index contributed by atoms with van der Waals surface area (Å²) in [6.07, 6.45) is 2.43. The molecule has 4 heteroatoms. The van der Waals surface area contributed by atoms with E-state index < -0.39 is 0 Å². The van der Waals surface area contributed by atoms with Gasteiger partial charge in [-0.15, -0.1) is 0 Å². The minimum atomic E-state index is -0.330. The van der Waals surface area contributed by atoms with Crippen LogP contribution in [0.1, 0.15) is 19.3 Å². The predicted molar refractivity (Wildman–Crippen MR) is 60.4 cm³/mol. The van der Waals surface area contributed by atoms with Gasteiger partial charge in [-0.3, -0.25) is 0 Å². The molecule has 0 aromatic heterocycles. The van der Waals surface area contributed by atoms with Crippen LogP contribution in [-0.4, -0.2) is 22.4 Å². The van der Waals surface area contributed by atoms with Crippen LogP contribution in [0.5, 0.6) is 5.75 Å². The van der Waals surface area contributed by atoms with Crippen LogP contribution in [0.4, 0.5) is 5.69 Å². The summed E-state index contributed by atoms with van der Waals surface area (Å²) in [4.78, 5) is 0. The molecule has 2 rings (SSSR count). The van der Waals surface area contributed by atoms with Crippen molar-refractivity contribution in [3.8, 4) is 5.75 Å². The first kappa shape index (κ1) is 10.6. The van der Waals surface area contributed by atoms with Gasteiger partial charge in [-0.25, -0.2) is 0 Å². The lowest BCUT2D eigenvalue weighted by molar-refractivity contribution is 0.171. The number of benzene rings is 1. The maximum Gasteiger partial charge on any atom is 0.138 e. The van der Waals surface area contributed by atoms with Crippen LogP contribution in [0, 0.1) is 0 Å². The Balaban J connectivity index is 2.12. The van der Waals surface area contributed by atoms with E-state index >= 15 is 0 Å². The van der Waals surface area contributed by atoms with Crippen molar-refractivity contribution in [2.75, 3.05) is 5.32 Å². The molecule has 1 aromatic rings. The van der Waals surface area contributed by atoms with E-state index in [2.05, 4.69) is 5.32 Å². The Morgan fingerprint density at radius 2 is 2.13 bits per heavy atom. The van der Waals surface area contributed by atoms with Crippen LogP contribution < -0.4 is 5.32 Å². The second-order valence-corrected chi connectivity index (χ2v) is 4.35. The molecule has 15 heavy (non-hydrogen) atoms. The molecule has 1 saturated carbocycles. The number of rotatable bonds is 2. The third-order valence-corrected chi connectivity index (χ3v) is 3.01. The number of aliphatic hydroxyl groups excluding tert-OH is 1. The Labute approximate surface area is 93.7 Å². The van der Waals surface area contributed by atoms with E-state index in [0.717, 1.165) is 19.3 Å². The van der Waals surface area contributed by atoms with Gasteiger partial charge >= 0.3 is 0 Å². The molecular formula is C11H14ClNO2. The Hall–Kier alpha value is -0.930. The van der Waals surface area contributed by atoms with E-state index in [1.54, 1.807) is 18.2 Å². The van der Waals surface area contributed by atoms with Crippen molar-refractivity contribution in [3.63, 3.8) is 0 Å². The summed E-state index contributed by atoms with van der Waals surface area (Å²) in [5, 5.41) is 22.9. The minimum absolute atomic E-state index is 0.0226. The molecule has 0 saturated heterocycles. The number of anilines is 1. The second kappa shape index (κ2) is 4.29. The van der Waals surface area contributed by atoms with Gasteiger partial charge in [0.05, 0.1) is 17.8 Å². The second-order valence-electron chi connectivity index (χ2n) is 3.91. The summed E-state index contributed by atoms with van der Waals surface area (Å²) in [7, 11) is 0. The molecule has 0 radical (unpaired) electrons. The van der Waals surface area contributed by atoms with Gasteiger partial charge in [0.15, 0.2) is 0 Å².